The Morgan fingerprint density at radius 3 is 1.88 bits per heavy atom. The molecule has 0 atom stereocenters. The van der Waals surface area contributed by atoms with Crippen molar-refractivity contribution in [3.05, 3.63) is 121 Å². The Kier molecular flexibility index (Phi) is 6.31. The van der Waals surface area contributed by atoms with Gasteiger partial charge in [-0.3, -0.25) is 5.43 Å². The molecule has 0 bridgehead atoms. The molecule has 0 unspecified atom stereocenters. The maximum atomic E-state index is 4.78. The fraction of sp³-hybridized carbons (Fsp3) is 0. The van der Waals surface area contributed by atoms with Gasteiger partial charge in [0.1, 0.15) is 0 Å². The minimum atomic E-state index is 0.308. The highest BCUT2D eigenvalue weighted by Gasteiger charge is 2.29. The van der Waals surface area contributed by atoms with Gasteiger partial charge in [-0.25, -0.2) is 5.01 Å². The minimum Gasteiger partial charge on any atom is -0.276 e. The van der Waals surface area contributed by atoms with E-state index in [2.05, 4.69) is 26.3 Å². The van der Waals surface area contributed by atoms with E-state index in [0.29, 0.717) is 17.4 Å². The number of rotatable bonds is 6. The molecule has 0 saturated carbocycles. The monoisotopic (exact) mass is 446 g/mol. The van der Waals surface area contributed by atoms with E-state index in [4.69, 9.17) is 5.10 Å². The van der Waals surface area contributed by atoms with Crippen LogP contribution in [0.25, 0.3) is 0 Å². The standard InChI is InChI=1S/C26H22N8/c1-5-13-21(14-6-1)27-29-25(30-28-22-15-7-2-8-16-22)26-31-34(24-19-11-4-12-20-24)32-33(26)23-17-9-3-10-18-23/h1-20,27,32H. The second-order valence-corrected chi connectivity index (χ2v) is 7.29. The van der Waals surface area contributed by atoms with Gasteiger partial charge in [0.25, 0.3) is 0 Å². The summed E-state index contributed by atoms with van der Waals surface area (Å²) in [4.78, 5) is 0. The molecule has 0 radical (unpaired) electrons. The van der Waals surface area contributed by atoms with E-state index in [-0.39, 0.29) is 0 Å². The summed E-state index contributed by atoms with van der Waals surface area (Å²) >= 11 is 0. The zero-order chi connectivity index (χ0) is 23.0. The van der Waals surface area contributed by atoms with Crippen LogP contribution in [0.2, 0.25) is 0 Å². The molecule has 0 saturated heterocycles. The predicted octanol–water partition coefficient (Wildman–Crippen LogP) is 5.96. The number of anilines is 3. The predicted molar refractivity (Wildman–Crippen MR) is 137 cm³/mol. The molecule has 0 aliphatic carbocycles. The van der Waals surface area contributed by atoms with Gasteiger partial charge in [0.2, 0.25) is 11.7 Å². The van der Waals surface area contributed by atoms with Crippen molar-refractivity contribution in [3.8, 4) is 0 Å². The Labute approximate surface area is 197 Å². The van der Waals surface area contributed by atoms with Crippen molar-refractivity contribution >= 4 is 34.4 Å². The molecular weight excluding hydrogens is 424 g/mol. The van der Waals surface area contributed by atoms with Crippen LogP contribution >= 0.6 is 0 Å². The molecule has 4 aromatic carbocycles. The van der Waals surface area contributed by atoms with E-state index in [1.54, 1.807) is 5.12 Å². The summed E-state index contributed by atoms with van der Waals surface area (Å²) in [5.74, 6) is 0.792. The summed E-state index contributed by atoms with van der Waals surface area (Å²) in [6.45, 7) is 0. The summed E-state index contributed by atoms with van der Waals surface area (Å²) in [5.41, 5.74) is 9.66. The first-order valence-corrected chi connectivity index (χ1v) is 10.8. The number of hydrogen-bond donors (Lipinski definition) is 2. The van der Waals surface area contributed by atoms with Crippen molar-refractivity contribution < 1.29 is 0 Å². The number of nitrogens with zero attached hydrogens (tertiary/aromatic N) is 6. The summed E-state index contributed by atoms with van der Waals surface area (Å²) in [7, 11) is 0. The lowest BCUT2D eigenvalue weighted by atomic mass is 10.3. The van der Waals surface area contributed by atoms with Crippen LogP contribution in [0.1, 0.15) is 0 Å². The van der Waals surface area contributed by atoms with Gasteiger partial charge in [-0.1, -0.05) is 72.8 Å². The van der Waals surface area contributed by atoms with E-state index < -0.39 is 0 Å². The van der Waals surface area contributed by atoms with Crippen LogP contribution in [0, 0.1) is 0 Å². The molecule has 5 rings (SSSR count). The molecule has 0 amide bonds. The molecule has 1 aliphatic rings. The number of hydrogen-bond acceptors (Lipinski definition) is 7. The smallest absolute Gasteiger partial charge is 0.239 e. The van der Waals surface area contributed by atoms with E-state index in [0.717, 1.165) is 17.1 Å². The van der Waals surface area contributed by atoms with Gasteiger partial charge in [-0.2, -0.15) is 5.12 Å². The van der Waals surface area contributed by atoms with Crippen molar-refractivity contribution in [2.75, 3.05) is 15.6 Å². The highest BCUT2D eigenvalue weighted by atomic mass is 15.9. The van der Waals surface area contributed by atoms with E-state index >= 15 is 0 Å². The van der Waals surface area contributed by atoms with Gasteiger partial charge in [0, 0.05) is 0 Å². The lowest BCUT2D eigenvalue weighted by Gasteiger charge is -2.21. The molecule has 0 fully saturated rings. The van der Waals surface area contributed by atoms with Crippen molar-refractivity contribution in [1.29, 1.82) is 0 Å². The molecular formula is C26H22N8. The lowest BCUT2D eigenvalue weighted by Crippen LogP contribution is -2.45. The Hall–Kier alpha value is -4.82. The first-order chi connectivity index (χ1) is 16.9. The van der Waals surface area contributed by atoms with Gasteiger partial charge in [0.05, 0.1) is 22.7 Å². The zero-order valence-electron chi connectivity index (χ0n) is 18.2. The first kappa shape index (κ1) is 21.0. The van der Waals surface area contributed by atoms with Gasteiger partial charge in [-0.05, 0) is 48.5 Å². The largest absolute Gasteiger partial charge is 0.276 e. The summed E-state index contributed by atoms with van der Waals surface area (Å²) in [6, 6.07) is 38.8. The molecule has 0 aromatic heterocycles. The highest BCUT2D eigenvalue weighted by molar-refractivity contribution is 6.46. The van der Waals surface area contributed by atoms with E-state index in [1.165, 1.54) is 0 Å². The number of benzene rings is 4. The summed E-state index contributed by atoms with van der Waals surface area (Å²) in [6.07, 6.45) is 0. The van der Waals surface area contributed by atoms with E-state index in [1.807, 2.05) is 126 Å². The Bertz CT molecular complexity index is 1290. The molecule has 166 valence electrons. The Morgan fingerprint density at radius 2 is 1.24 bits per heavy atom. The molecule has 0 spiro atoms. The first-order valence-electron chi connectivity index (χ1n) is 10.8. The van der Waals surface area contributed by atoms with Crippen molar-refractivity contribution in [2.24, 2.45) is 20.4 Å². The second-order valence-electron chi connectivity index (χ2n) is 7.29. The molecule has 8 nitrogen and oxygen atoms in total. The van der Waals surface area contributed by atoms with Gasteiger partial charge in [-0.15, -0.1) is 26.0 Å². The second kappa shape index (κ2) is 10.2. The maximum absolute atomic E-state index is 4.78. The quantitative estimate of drug-likeness (QED) is 0.166. The average molecular weight is 447 g/mol. The zero-order valence-corrected chi connectivity index (χ0v) is 18.2. The van der Waals surface area contributed by atoms with Crippen LogP contribution in [0.5, 0.6) is 0 Å². The molecule has 8 heteroatoms. The Morgan fingerprint density at radius 1 is 0.676 bits per heavy atom. The third-order valence-corrected chi connectivity index (χ3v) is 4.90. The van der Waals surface area contributed by atoms with Crippen LogP contribution in [0.4, 0.5) is 22.7 Å². The van der Waals surface area contributed by atoms with Crippen LogP contribution in [-0.2, 0) is 0 Å². The summed E-state index contributed by atoms with van der Waals surface area (Å²) in [5, 5.41) is 21.7. The molecule has 1 aliphatic heterocycles. The van der Waals surface area contributed by atoms with Crippen LogP contribution < -0.4 is 21.1 Å². The third kappa shape index (κ3) is 4.98. The van der Waals surface area contributed by atoms with Gasteiger partial charge >= 0.3 is 0 Å². The number of para-hydroxylation sites is 3. The lowest BCUT2D eigenvalue weighted by molar-refractivity contribution is 0.719. The van der Waals surface area contributed by atoms with E-state index in [9.17, 15) is 0 Å². The molecule has 1 heterocycles. The van der Waals surface area contributed by atoms with Crippen LogP contribution in [0.3, 0.4) is 0 Å². The van der Waals surface area contributed by atoms with Gasteiger partial charge in [0.15, 0.2) is 0 Å². The number of hydrazine groups is 2. The van der Waals surface area contributed by atoms with Crippen LogP contribution in [-0.4, -0.2) is 11.7 Å². The van der Waals surface area contributed by atoms with Crippen LogP contribution in [0.15, 0.2) is 142 Å². The normalized spacial score (nSPS) is 13.9. The van der Waals surface area contributed by atoms with Crippen molar-refractivity contribution in [3.63, 3.8) is 0 Å². The number of amidine groups is 2. The highest BCUT2D eigenvalue weighted by Crippen LogP contribution is 2.22. The topological polar surface area (TPSA) is 80.0 Å². The summed E-state index contributed by atoms with van der Waals surface area (Å²) < 4.78 is 0. The molecule has 2 N–H and O–H groups in total. The number of hydrazone groups is 2. The fourth-order valence-electron chi connectivity index (χ4n) is 3.24. The minimum absolute atomic E-state index is 0.308. The molecule has 34 heavy (non-hydrogen) atoms. The average Bonchev–Trinajstić information content (AvgIpc) is 3.36. The third-order valence-electron chi connectivity index (χ3n) is 4.90. The number of nitrogens with one attached hydrogen (secondary N) is 2. The van der Waals surface area contributed by atoms with Gasteiger partial charge < -0.3 is 0 Å². The SMILES string of the molecule is c1ccc(N=NC(=NNc2ccccc2)C2=NN(c3ccccc3)NN2c2ccccc2)cc1. The van der Waals surface area contributed by atoms with Crippen molar-refractivity contribution in [1.82, 2.24) is 5.53 Å². The Balaban J connectivity index is 1.55. The maximum Gasteiger partial charge on any atom is 0.239 e. The fourth-order valence-corrected chi connectivity index (χ4v) is 3.24. The van der Waals surface area contributed by atoms with Crippen molar-refractivity contribution in [2.45, 2.75) is 0 Å². The number of azo groups is 1. The molecule has 4 aromatic rings.